The zero-order valence-electron chi connectivity index (χ0n) is 14.4. The second kappa shape index (κ2) is 9.17. The highest BCUT2D eigenvalue weighted by molar-refractivity contribution is 5.99. The molecule has 6 heteroatoms. The van der Waals surface area contributed by atoms with E-state index in [1.165, 1.54) is 13.0 Å². The number of rotatable bonds is 7. The largest absolute Gasteiger partial charge is 0.368 e. The van der Waals surface area contributed by atoms with Gasteiger partial charge in [-0.15, -0.1) is 0 Å². The second-order valence-electron chi connectivity index (χ2n) is 5.74. The fourth-order valence-electron chi connectivity index (χ4n) is 2.33. The summed E-state index contributed by atoms with van der Waals surface area (Å²) in [5, 5.41) is 5.23. The predicted molar refractivity (Wildman–Crippen MR) is 101 cm³/mol. The second-order valence-corrected chi connectivity index (χ2v) is 5.74. The molecule has 4 N–H and O–H groups in total. The van der Waals surface area contributed by atoms with Crippen LogP contribution in [-0.2, 0) is 9.59 Å². The molecule has 0 saturated carbocycles. The van der Waals surface area contributed by atoms with Crippen LogP contribution in [0.3, 0.4) is 0 Å². The summed E-state index contributed by atoms with van der Waals surface area (Å²) in [7, 11) is 0. The average molecular weight is 351 g/mol. The van der Waals surface area contributed by atoms with Crippen molar-refractivity contribution in [3.05, 3.63) is 71.8 Å². The molecule has 0 bridgehead atoms. The molecule has 6 nitrogen and oxygen atoms in total. The fourth-order valence-corrected chi connectivity index (χ4v) is 2.33. The maximum Gasteiger partial charge on any atom is 0.252 e. The van der Waals surface area contributed by atoms with Gasteiger partial charge in [-0.2, -0.15) is 0 Å². The Kier molecular flexibility index (Phi) is 6.68. The molecule has 0 aliphatic carbocycles. The maximum atomic E-state index is 12.4. The predicted octanol–water partition coefficient (Wildman–Crippen LogP) is 2.33. The van der Waals surface area contributed by atoms with Crippen molar-refractivity contribution in [2.75, 3.05) is 5.32 Å². The Morgan fingerprint density at radius 2 is 1.81 bits per heavy atom. The molecule has 0 spiro atoms. The Bertz CT molecular complexity index is 816. The monoisotopic (exact) mass is 351 g/mol. The van der Waals surface area contributed by atoms with Crippen LogP contribution in [0.15, 0.2) is 60.7 Å². The molecular formula is C20H21N3O3. The van der Waals surface area contributed by atoms with Gasteiger partial charge in [0, 0.05) is 18.2 Å². The molecule has 0 unspecified atom stereocenters. The number of nitrogens with one attached hydrogen (secondary N) is 2. The molecule has 0 aliphatic rings. The summed E-state index contributed by atoms with van der Waals surface area (Å²) in [6, 6.07) is 15.2. The fraction of sp³-hybridized carbons (Fsp3) is 0.150. The summed E-state index contributed by atoms with van der Waals surface area (Å²) in [5.74, 6) is -1.29. The van der Waals surface area contributed by atoms with Gasteiger partial charge in [-0.25, -0.2) is 0 Å². The van der Waals surface area contributed by atoms with Crippen molar-refractivity contribution >= 4 is 29.5 Å². The summed E-state index contributed by atoms with van der Waals surface area (Å²) in [6.07, 6.45) is 3.93. The quantitative estimate of drug-likeness (QED) is 0.713. The first-order valence-electron chi connectivity index (χ1n) is 8.15. The maximum absolute atomic E-state index is 12.4. The molecule has 0 heterocycles. The van der Waals surface area contributed by atoms with Gasteiger partial charge in [0.15, 0.2) is 0 Å². The van der Waals surface area contributed by atoms with E-state index in [1.807, 2.05) is 36.4 Å². The van der Waals surface area contributed by atoms with E-state index in [0.717, 1.165) is 5.56 Å². The van der Waals surface area contributed by atoms with Crippen molar-refractivity contribution in [3.8, 4) is 0 Å². The summed E-state index contributed by atoms with van der Waals surface area (Å²) < 4.78 is 0. The number of primary amides is 1. The van der Waals surface area contributed by atoms with Crippen LogP contribution in [0.4, 0.5) is 5.69 Å². The van der Waals surface area contributed by atoms with Crippen molar-refractivity contribution < 1.29 is 14.4 Å². The van der Waals surface area contributed by atoms with Crippen LogP contribution < -0.4 is 16.4 Å². The SMILES string of the molecule is CC(=O)Nc1cccc(C(=O)N[C@H](C/C=C/c2ccccc2)C(N)=O)c1. The zero-order valence-corrected chi connectivity index (χ0v) is 14.4. The molecule has 1 atom stereocenters. The number of amides is 3. The van der Waals surface area contributed by atoms with Gasteiger partial charge in [-0.3, -0.25) is 14.4 Å². The summed E-state index contributed by atoms with van der Waals surface area (Å²) in [5.41, 5.74) is 7.22. The number of carbonyl (C=O) groups is 3. The molecular weight excluding hydrogens is 330 g/mol. The number of hydrogen-bond donors (Lipinski definition) is 3. The van der Waals surface area contributed by atoms with Gasteiger partial charge >= 0.3 is 0 Å². The van der Waals surface area contributed by atoms with Gasteiger partial charge in [-0.1, -0.05) is 48.6 Å². The highest BCUT2D eigenvalue weighted by Crippen LogP contribution is 2.11. The Morgan fingerprint density at radius 1 is 1.08 bits per heavy atom. The molecule has 26 heavy (non-hydrogen) atoms. The molecule has 3 amide bonds. The Morgan fingerprint density at radius 3 is 2.46 bits per heavy atom. The van der Waals surface area contributed by atoms with E-state index in [0.29, 0.717) is 11.3 Å². The Labute approximate surface area is 152 Å². The molecule has 0 radical (unpaired) electrons. The first-order valence-corrected chi connectivity index (χ1v) is 8.15. The van der Waals surface area contributed by atoms with Gasteiger partial charge in [0.1, 0.15) is 6.04 Å². The van der Waals surface area contributed by atoms with Crippen molar-refractivity contribution in [2.24, 2.45) is 5.73 Å². The van der Waals surface area contributed by atoms with Crippen LogP contribution in [0.5, 0.6) is 0 Å². The molecule has 0 aliphatic heterocycles. The van der Waals surface area contributed by atoms with Crippen LogP contribution >= 0.6 is 0 Å². The van der Waals surface area contributed by atoms with E-state index < -0.39 is 17.9 Å². The third kappa shape index (κ3) is 5.90. The van der Waals surface area contributed by atoms with Crippen LogP contribution in [0.2, 0.25) is 0 Å². The summed E-state index contributed by atoms with van der Waals surface area (Å²) >= 11 is 0. The number of hydrogen-bond acceptors (Lipinski definition) is 3. The van der Waals surface area contributed by atoms with E-state index >= 15 is 0 Å². The van der Waals surface area contributed by atoms with Gasteiger partial charge in [0.2, 0.25) is 11.8 Å². The number of carbonyl (C=O) groups excluding carboxylic acids is 3. The third-order valence-electron chi connectivity index (χ3n) is 3.58. The van der Waals surface area contributed by atoms with E-state index in [1.54, 1.807) is 24.3 Å². The van der Waals surface area contributed by atoms with Gasteiger partial charge in [-0.05, 0) is 30.2 Å². The molecule has 2 aromatic rings. The lowest BCUT2D eigenvalue weighted by Crippen LogP contribution is -2.44. The standard InChI is InChI=1S/C20H21N3O3/c1-14(24)22-17-11-6-10-16(13-17)20(26)23-18(19(21)25)12-5-9-15-7-3-2-4-8-15/h2-11,13,18H,12H2,1H3,(H2,21,25)(H,22,24)(H,23,26)/b9-5+/t18-/m1/s1. The normalized spacial score (nSPS) is 11.7. The Hall–Kier alpha value is -3.41. The molecule has 0 saturated heterocycles. The Balaban J connectivity index is 2.02. The van der Waals surface area contributed by atoms with Crippen molar-refractivity contribution in [2.45, 2.75) is 19.4 Å². The topological polar surface area (TPSA) is 101 Å². The molecule has 2 aromatic carbocycles. The van der Waals surface area contributed by atoms with E-state index in [4.69, 9.17) is 5.73 Å². The lowest BCUT2D eigenvalue weighted by molar-refractivity contribution is -0.119. The lowest BCUT2D eigenvalue weighted by Gasteiger charge is -2.14. The van der Waals surface area contributed by atoms with Crippen molar-refractivity contribution in [1.29, 1.82) is 0 Å². The van der Waals surface area contributed by atoms with Gasteiger partial charge in [0.25, 0.3) is 5.91 Å². The van der Waals surface area contributed by atoms with Gasteiger partial charge < -0.3 is 16.4 Å². The van der Waals surface area contributed by atoms with Crippen molar-refractivity contribution in [3.63, 3.8) is 0 Å². The third-order valence-corrected chi connectivity index (χ3v) is 3.58. The van der Waals surface area contributed by atoms with E-state index in [-0.39, 0.29) is 12.3 Å². The molecule has 2 rings (SSSR count). The highest BCUT2D eigenvalue weighted by atomic mass is 16.2. The molecule has 0 aromatic heterocycles. The van der Waals surface area contributed by atoms with Gasteiger partial charge in [0.05, 0.1) is 0 Å². The molecule has 0 fully saturated rings. The van der Waals surface area contributed by atoms with Crippen LogP contribution in [-0.4, -0.2) is 23.8 Å². The minimum absolute atomic E-state index is 0.233. The number of benzene rings is 2. The smallest absolute Gasteiger partial charge is 0.252 e. The minimum atomic E-state index is -0.827. The number of nitrogens with two attached hydrogens (primary N) is 1. The lowest BCUT2D eigenvalue weighted by atomic mass is 10.1. The average Bonchev–Trinajstić information content (AvgIpc) is 2.61. The first kappa shape index (κ1) is 18.9. The minimum Gasteiger partial charge on any atom is -0.368 e. The van der Waals surface area contributed by atoms with Crippen LogP contribution in [0.1, 0.15) is 29.3 Å². The first-order chi connectivity index (χ1) is 12.5. The number of anilines is 1. The van der Waals surface area contributed by atoms with Crippen molar-refractivity contribution in [1.82, 2.24) is 5.32 Å². The van der Waals surface area contributed by atoms with Crippen LogP contribution in [0.25, 0.3) is 6.08 Å². The van der Waals surface area contributed by atoms with E-state index in [2.05, 4.69) is 10.6 Å². The summed E-state index contributed by atoms with van der Waals surface area (Å²) in [4.78, 5) is 35.1. The van der Waals surface area contributed by atoms with Crippen LogP contribution in [0, 0.1) is 0 Å². The van der Waals surface area contributed by atoms with E-state index in [9.17, 15) is 14.4 Å². The summed E-state index contributed by atoms with van der Waals surface area (Å²) in [6.45, 7) is 1.38. The molecule has 134 valence electrons. The highest BCUT2D eigenvalue weighted by Gasteiger charge is 2.17. The zero-order chi connectivity index (χ0) is 18.9.